The second kappa shape index (κ2) is 6.29. The number of rotatable bonds is 5. The quantitative estimate of drug-likeness (QED) is 0.846. The summed E-state index contributed by atoms with van der Waals surface area (Å²) < 4.78 is 0. The van der Waals surface area contributed by atoms with Crippen LogP contribution in [0.4, 0.5) is 0 Å². The van der Waals surface area contributed by atoms with Crippen molar-refractivity contribution in [2.75, 3.05) is 13.1 Å². The average Bonchev–Trinajstić information content (AvgIpc) is 2.90. The first-order chi connectivity index (χ1) is 9.88. The Morgan fingerprint density at radius 3 is 2.90 bits per heavy atom. The van der Waals surface area contributed by atoms with Crippen LogP contribution in [0, 0.1) is 11.3 Å². The summed E-state index contributed by atoms with van der Waals surface area (Å²) >= 11 is 0. The highest BCUT2D eigenvalue weighted by atomic mass is 16.1. The second-order valence-electron chi connectivity index (χ2n) is 6.79. The molecule has 0 spiro atoms. The Morgan fingerprint density at radius 2 is 2.29 bits per heavy atom. The summed E-state index contributed by atoms with van der Waals surface area (Å²) in [6.45, 7) is 10.7. The summed E-state index contributed by atoms with van der Waals surface area (Å²) in [7, 11) is 0. The molecule has 0 unspecified atom stereocenters. The third-order valence-corrected chi connectivity index (χ3v) is 3.88. The van der Waals surface area contributed by atoms with Gasteiger partial charge >= 0.3 is 0 Å². The highest BCUT2D eigenvalue weighted by Gasteiger charge is 2.31. The molecular weight excluding hydrogens is 262 g/mol. The molecule has 114 valence electrons. The van der Waals surface area contributed by atoms with E-state index in [1.54, 1.807) is 18.5 Å². The first kappa shape index (κ1) is 15.5. The molecule has 0 amide bonds. The van der Waals surface area contributed by atoms with E-state index in [0.717, 1.165) is 30.6 Å². The fraction of sp³-hybridized carbons (Fsp3) is 0.529. The molecular formula is C17H25N3O. The summed E-state index contributed by atoms with van der Waals surface area (Å²) in [4.78, 5) is 14.8. The van der Waals surface area contributed by atoms with Gasteiger partial charge in [0, 0.05) is 36.6 Å². The molecule has 0 radical (unpaired) electrons. The lowest BCUT2D eigenvalue weighted by molar-refractivity contribution is -0.112. The minimum atomic E-state index is -0.0642. The lowest BCUT2D eigenvalue weighted by Crippen LogP contribution is -2.36. The van der Waals surface area contributed by atoms with E-state index in [-0.39, 0.29) is 11.2 Å². The van der Waals surface area contributed by atoms with E-state index in [1.165, 1.54) is 0 Å². The van der Waals surface area contributed by atoms with Crippen molar-refractivity contribution in [1.29, 1.82) is 0 Å². The smallest absolute Gasteiger partial charge is 0.183 e. The van der Waals surface area contributed by atoms with Gasteiger partial charge in [-0.1, -0.05) is 27.7 Å². The number of ketones is 1. The minimum absolute atomic E-state index is 0.0642. The summed E-state index contributed by atoms with van der Waals surface area (Å²) in [5.41, 5.74) is 1.75. The van der Waals surface area contributed by atoms with Gasteiger partial charge in [0.25, 0.3) is 0 Å². The number of nitrogens with one attached hydrogen (secondary N) is 1. The molecule has 0 aromatic carbocycles. The van der Waals surface area contributed by atoms with Crippen molar-refractivity contribution >= 4 is 11.9 Å². The van der Waals surface area contributed by atoms with Crippen molar-refractivity contribution in [1.82, 2.24) is 15.1 Å². The molecule has 2 heterocycles. The molecule has 1 N–H and O–H groups in total. The van der Waals surface area contributed by atoms with Gasteiger partial charge in [0.2, 0.25) is 0 Å². The molecule has 0 saturated heterocycles. The summed E-state index contributed by atoms with van der Waals surface area (Å²) in [6.07, 6.45) is 10.0. The Kier molecular flexibility index (Phi) is 4.66. The monoisotopic (exact) mass is 287 g/mol. The van der Waals surface area contributed by atoms with E-state index in [2.05, 4.69) is 49.0 Å². The van der Waals surface area contributed by atoms with Gasteiger partial charge in [0.1, 0.15) is 0 Å². The van der Waals surface area contributed by atoms with E-state index in [0.29, 0.717) is 5.92 Å². The largest absolute Gasteiger partial charge is 0.377 e. The zero-order valence-corrected chi connectivity index (χ0v) is 13.4. The zero-order valence-electron chi connectivity index (χ0n) is 13.4. The van der Waals surface area contributed by atoms with E-state index in [4.69, 9.17) is 0 Å². The summed E-state index contributed by atoms with van der Waals surface area (Å²) in [5.74, 6) is 0.690. The van der Waals surface area contributed by atoms with Gasteiger partial charge in [-0.05, 0) is 29.9 Å². The zero-order chi connectivity index (χ0) is 15.5. The Labute approximate surface area is 126 Å². The Hall–Kier alpha value is -1.84. The minimum Gasteiger partial charge on any atom is -0.377 e. The number of hydrogen-bond donors (Lipinski definition) is 1. The highest BCUT2D eigenvalue weighted by molar-refractivity contribution is 6.07. The Morgan fingerprint density at radius 1 is 1.52 bits per heavy atom. The van der Waals surface area contributed by atoms with Crippen molar-refractivity contribution < 1.29 is 4.79 Å². The van der Waals surface area contributed by atoms with Crippen molar-refractivity contribution in [2.45, 2.75) is 34.1 Å². The molecule has 0 atom stereocenters. The summed E-state index contributed by atoms with van der Waals surface area (Å²) in [5, 5.41) is 6.62. The highest BCUT2D eigenvalue weighted by Crippen LogP contribution is 2.35. The van der Waals surface area contributed by atoms with Crippen LogP contribution in [0.5, 0.6) is 0 Å². The van der Waals surface area contributed by atoms with Crippen LogP contribution >= 0.6 is 0 Å². The molecule has 4 nitrogen and oxygen atoms in total. The van der Waals surface area contributed by atoms with Crippen LogP contribution in [0.3, 0.4) is 0 Å². The third-order valence-electron chi connectivity index (χ3n) is 3.88. The van der Waals surface area contributed by atoms with Crippen LogP contribution in [0.2, 0.25) is 0 Å². The van der Waals surface area contributed by atoms with Gasteiger partial charge in [0.15, 0.2) is 5.78 Å². The first-order valence-electron chi connectivity index (χ1n) is 7.56. The van der Waals surface area contributed by atoms with Crippen molar-refractivity contribution in [3.05, 3.63) is 35.8 Å². The maximum absolute atomic E-state index is 12.5. The van der Waals surface area contributed by atoms with E-state index in [1.807, 2.05) is 6.08 Å². The van der Waals surface area contributed by atoms with Crippen LogP contribution in [0.25, 0.3) is 6.08 Å². The van der Waals surface area contributed by atoms with E-state index >= 15 is 0 Å². The maximum Gasteiger partial charge on any atom is 0.183 e. The van der Waals surface area contributed by atoms with Crippen LogP contribution in [0.1, 0.15) is 39.7 Å². The van der Waals surface area contributed by atoms with Crippen molar-refractivity contribution in [3.63, 3.8) is 0 Å². The number of nitrogens with zero attached hydrogens (tertiary/aromatic N) is 2. The Balaban J connectivity index is 2.16. The Bertz CT molecular complexity index is 538. The number of H-pyrrole nitrogens is 1. The molecule has 21 heavy (non-hydrogen) atoms. The van der Waals surface area contributed by atoms with Gasteiger partial charge in [-0.25, -0.2) is 0 Å². The standard InChI is InChI=1S/C17H25N3O/c1-13(2)11-20-8-7-17(3,4)15(12-20)16(21)6-5-14-9-18-19-10-14/h5-6,9-10,12-13H,7-8,11H2,1-4H3,(H,18,19)/b6-5+. The topological polar surface area (TPSA) is 49.0 Å². The molecule has 2 rings (SSSR count). The number of aromatic nitrogens is 2. The van der Waals surface area contributed by atoms with Gasteiger partial charge < -0.3 is 4.90 Å². The maximum atomic E-state index is 12.5. The first-order valence-corrected chi connectivity index (χ1v) is 7.56. The van der Waals surface area contributed by atoms with Crippen LogP contribution in [-0.2, 0) is 4.79 Å². The van der Waals surface area contributed by atoms with Crippen LogP contribution < -0.4 is 0 Å². The number of carbonyl (C=O) groups is 1. The predicted octanol–water partition coefficient (Wildman–Crippen LogP) is 3.26. The van der Waals surface area contributed by atoms with Crippen LogP contribution in [0.15, 0.2) is 30.2 Å². The molecule has 0 saturated carbocycles. The van der Waals surface area contributed by atoms with Gasteiger partial charge in [-0.3, -0.25) is 9.89 Å². The van der Waals surface area contributed by atoms with Gasteiger partial charge in [-0.2, -0.15) is 5.10 Å². The predicted molar refractivity (Wildman–Crippen MR) is 85.5 cm³/mol. The number of aromatic amines is 1. The molecule has 0 aliphatic carbocycles. The SMILES string of the molecule is CC(C)CN1C=C(C(=O)/C=C/c2cn[nH]c2)C(C)(C)CC1. The van der Waals surface area contributed by atoms with E-state index in [9.17, 15) is 4.79 Å². The van der Waals surface area contributed by atoms with Crippen molar-refractivity contribution in [3.8, 4) is 0 Å². The number of allylic oxidation sites excluding steroid dienone is 2. The fourth-order valence-electron chi connectivity index (χ4n) is 2.60. The lowest BCUT2D eigenvalue weighted by atomic mass is 9.77. The average molecular weight is 287 g/mol. The number of carbonyl (C=O) groups excluding carboxylic acids is 1. The van der Waals surface area contributed by atoms with Gasteiger partial charge in [0.05, 0.1) is 6.20 Å². The van der Waals surface area contributed by atoms with Crippen LogP contribution in [-0.4, -0.2) is 34.0 Å². The second-order valence-corrected chi connectivity index (χ2v) is 6.79. The number of hydrogen-bond acceptors (Lipinski definition) is 3. The van der Waals surface area contributed by atoms with E-state index < -0.39 is 0 Å². The molecule has 1 aliphatic rings. The third kappa shape index (κ3) is 4.06. The molecule has 4 heteroatoms. The summed E-state index contributed by atoms with van der Waals surface area (Å²) in [6, 6.07) is 0. The normalized spacial score (nSPS) is 18.3. The molecule has 1 aromatic heterocycles. The molecule has 1 aromatic rings. The molecule has 0 bridgehead atoms. The van der Waals surface area contributed by atoms with Gasteiger partial charge in [-0.15, -0.1) is 0 Å². The lowest BCUT2D eigenvalue weighted by Gasteiger charge is -2.37. The molecule has 1 aliphatic heterocycles. The molecule has 0 fully saturated rings. The fourth-order valence-corrected chi connectivity index (χ4v) is 2.60. The van der Waals surface area contributed by atoms with Crippen molar-refractivity contribution in [2.24, 2.45) is 11.3 Å².